The molecule has 1 N–H and O–H groups in total. The van der Waals surface area contributed by atoms with E-state index in [-0.39, 0.29) is 17.5 Å². The van der Waals surface area contributed by atoms with Crippen LogP contribution in [0.15, 0.2) is 18.2 Å². The second-order valence-electron chi connectivity index (χ2n) is 4.84. The highest BCUT2D eigenvalue weighted by atomic mass is 32.2. The van der Waals surface area contributed by atoms with Crippen molar-refractivity contribution in [1.82, 2.24) is 5.32 Å². The third kappa shape index (κ3) is 5.21. The molecule has 0 fully saturated rings. The first kappa shape index (κ1) is 17.8. The minimum atomic E-state index is -3.07. The predicted molar refractivity (Wildman–Crippen MR) is 84.9 cm³/mol. The van der Waals surface area contributed by atoms with Crippen LogP contribution >= 0.6 is 0 Å². The van der Waals surface area contributed by atoms with Gasteiger partial charge in [-0.05, 0) is 30.7 Å². The van der Waals surface area contributed by atoms with E-state index < -0.39 is 9.84 Å². The number of benzene rings is 1. The molecule has 21 heavy (non-hydrogen) atoms. The Morgan fingerprint density at radius 1 is 1.14 bits per heavy atom. The van der Waals surface area contributed by atoms with Crippen LogP contribution < -0.4 is 14.8 Å². The molecular formula is C15H25NO4S. The SMILES string of the molecule is CCCS(=O)(=O)CC(NCC)c1ccc(OC)c(OC)c1. The second-order valence-corrected chi connectivity index (χ2v) is 7.07. The molecule has 1 unspecified atom stereocenters. The average molecular weight is 315 g/mol. The first-order valence-corrected chi connectivity index (χ1v) is 8.95. The van der Waals surface area contributed by atoms with E-state index in [0.717, 1.165) is 5.56 Å². The fourth-order valence-electron chi connectivity index (χ4n) is 2.24. The van der Waals surface area contributed by atoms with Crippen LogP contribution in [0, 0.1) is 0 Å². The number of hydrogen-bond donors (Lipinski definition) is 1. The quantitative estimate of drug-likeness (QED) is 0.756. The largest absolute Gasteiger partial charge is 0.493 e. The Labute approximate surface area is 127 Å². The first-order valence-electron chi connectivity index (χ1n) is 7.13. The van der Waals surface area contributed by atoms with Crippen LogP contribution in [0.2, 0.25) is 0 Å². The van der Waals surface area contributed by atoms with E-state index in [2.05, 4.69) is 5.32 Å². The molecule has 1 aromatic rings. The molecule has 0 spiro atoms. The summed E-state index contributed by atoms with van der Waals surface area (Å²) < 4.78 is 34.6. The maximum atomic E-state index is 12.1. The molecule has 1 aromatic carbocycles. The zero-order valence-electron chi connectivity index (χ0n) is 13.2. The summed E-state index contributed by atoms with van der Waals surface area (Å²) >= 11 is 0. The Morgan fingerprint density at radius 3 is 2.33 bits per heavy atom. The van der Waals surface area contributed by atoms with Gasteiger partial charge in [-0.25, -0.2) is 8.42 Å². The monoisotopic (exact) mass is 315 g/mol. The van der Waals surface area contributed by atoms with Crippen molar-refractivity contribution >= 4 is 9.84 Å². The standard InChI is InChI=1S/C15H25NO4S/c1-5-9-21(17,18)11-13(16-6-2)12-7-8-14(19-3)15(10-12)20-4/h7-8,10,13,16H,5-6,9,11H2,1-4H3. The van der Waals surface area contributed by atoms with Crippen molar-refractivity contribution in [1.29, 1.82) is 0 Å². The Bertz CT molecular complexity index is 543. The van der Waals surface area contributed by atoms with Crippen molar-refractivity contribution in [3.8, 4) is 11.5 Å². The molecule has 1 atom stereocenters. The van der Waals surface area contributed by atoms with Crippen LogP contribution in [-0.4, -0.2) is 40.7 Å². The fraction of sp³-hybridized carbons (Fsp3) is 0.600. The van der Waals surface area contributed by atoms with E-state index in [4.69, 9.17) is 9.47 Å². The van der Waals surface area contributed by atoms with Crippen LogP contribution in [0.5, 0.6) is 11.5 Å². The minimum Gasteiger partial charge on any atom is -0.493 e. The van der Waals surface area contributed by atoms with Gasteiger partial charge in [0, 0.05) is 11.8 Å². The number of nitrogens with one attached hydrogen (secondary N) is 1. The van der Waals surface area contributed by atoms with Gasteiger partial charge in [-0.15, -0.1) is 0 Å². The van der Waals surface area contributed by atoms with Gasteiger partial charge >= 0.3 is 0 Å². The highest BCUT2D eigenvalue weighted by Gasteiger charge is 2.20. The first-order chi connectivity index (χ1) is 9.97. The van der Waals surface area contributed by atoms with Gasteiger partial charge in [0.25, 0.3) is 0 Å². The molecule has 0 aromatic heterocycles. The Morgan fingerprint density at radius 2 is 1.81 bits per heavy atom. The van der Waals surface area contributed by atoms with Gasteiger partial charge in [-0.3, -0.25) is 0 Å². The Balaban J connectivity index is 3.05. The zero-order chi connectivity index (χ0) is 15.9. The summed E-state index contributed by atoms with van der Waals surface area (Å²) in [5.74, 6) is 1.53. The minimum absolute atomic E-state index is 0.0875. The highest BCUT2D eigenvalue weighted by Crippen LogP contribution is 2.30. The number of ether oxygens (including phenoxy) is 2. The molecule has 0 heterocycles. The molecule has 0 aliphatic rings. The molecule has 0 bridgehead atoms. The number of hydrogen-bond acceptors (Lipinski definition) is 5. The molecular weight excluding hydrogens is 290 g/mol. The van der Waals surface area contributed by atoms with Crippen LogP contribution in [-0.2, 0) is 9.84 Å². The summed E-state index contributed by atoms with van der Waals surface area (Å²) in [6.45, 7) is 4.52. The van der Waals surface area contributed by atoms with E-state index in [1.807, 2.05) is 26.0 Å². The topological polar surface area (TPSA) is 64.6 Å². The van der Waals surface area contributed by atoms with Gasteiger partial charge < -0.3 is 14.8 Å². The molecule has 0 saturated carbocycles. The fourth-order valence-corrected chi connectivity index (χ4v) is 3.84. The molecule has 120 valence electrons. The van der Waals surface area contributed by atoms with Gasteiger partial charge in [-0.2, -0.15) is 0 Å². The lowest BCUT2D eigenvalue weighted by atomic mass is 10.1. The van der Waals surface area contributed by atoms with Gasteiger partial charge in [0.15, 0.2) is 21.3 Å². The lowest BCUT2D eigenvalue weighted by Gasteiger charge is -2.20. The van der Waals surface area contributed by atoms with Crippen molar-refractivity contribution < 1.29 is 17.9 Å². The summed E-state index contributed by atoms with van der Waals surface area (Å²) in [6, 6.07) is 5.25. The van der Waals surface area contributed by atoms with Gasteiger partial charge in [-0.1, -0.05) is 19.9 Å². The summed E-state index contributed by atoms with van der Waals surface area (Å²) in [5, 5.41) is 3.23. The van der Waals surface area contributed by atoms with Crippen LogP contribution in [0.1, 0.15) is 31.9 Å². The van der Waals surface area contributed by atoms with Crippen molar-refractivity contribution in [2.75, 3.05) is 32.3 Å². The van der Waals surface area contributed by atoms with E-state index in [9.17, 15) is 8.42 Å². The van der Waals surface area contributed by atoms with E-state index >= 15 is 0 Å². The lowest BCUT2D eigenvalue weighted by Crippen LogP contribution is -2.29. The molecule has 1 rings (SSSR count). The molecule has 5 nitrogen and oxygen atoms in total. The summed E-state index contributed by atoms with van der Waals surface area (Å²) in [7, 11) is 0.0706. The van der Waals surface area contributed by atoms with Gasteiger partial charge in [0.2, 0.25) is 0 Å². The average Bonchev–Trinajstić information content (AvgIpc) is 2.45. The number of methoxy groups -OCH3 is 2. The third-order valence-electron chi connectivity index (χ3n) is 3.20. The van der Waals surface area contributed by atoms with Crippen molar-refractivity contribution in [3.05, 3.63) is 23.8 Å². The lowest BCUT2D eigenvalue weighted by molar-refractivity contribution is 0.354. The van der Waals surface area contributed by atoms with Crippen LogP contribution in [0.3, 0.4) is 0 Å². The Kier molecular flexibility index (Phi) is 6.98. The molecule has 0 aliphatic carbocycles. The van der Waals surface area contributed by atoms with E-state index in [1.165, 1.54) is 0 Å². The normalized spacial score (nSPS) is 13.0. The number of sulfone groups is 1. The van der Waals surface area contributed by atoms with Gasteiger partial charge in [0.05, 0.1) is 20.0 Å². The maximum Gasteiger partial charge on any atom is 0.161 e. The molecule has 0 aliphatic heterocycles. The number of rotatable bonds is 9. The second kappa shape index (κ2) is 8.24. The van der Waals surface area contributed by atoms with E-state index in [1.54, 1.807) is 20.3 Å². The maximum absolute atomic E-state index is 12.1. The highest BCUT2D eigenvalue weighted by molar-refractivity contribution is 7.91. The molecule has 0 radical (unpaired) electrons. The van der Waals surface area contributed by atoms with Gasteiger partial charge in [0.1, 0.15) is 0 Å². The zero-order valence-corrected chi connectivity index (χ0v) is 14.0. The summed E-state index contributed by atoms with van der Waals surface area (Å²) in [4.78, 5) is 0. The van der Waals surface area contributed by atoms with E-state index in [0.29, 0.717) is 24.5 Å². The van der Waals surface area contributed by atoms with Crippen LogP contribution in [0.25, 0.3) is 0 Å². The van der Waals surface area contributed by atoms with Crippen molar-refractivity contribution in [2.45, 2.75) is 26.3 Å². The predicted octanol–water partition coefficient (Wildman–Crippen LogP) is 2.18. The molecule has 0 saturated heterocycles. The third-order valence-corrected chi connectivity index (χ3v) is 5.07. The van der Waals surface area contributed by atoms with Crippen LogP contribution in [0.4, 0.5) is 0 Å². The Hall–Kier alpha value is -1.27. The van der Waals surface area contributed by atoms with Crippen molar-refractivity contribution in [3.63, 3.8) is 0 Å². The summed E-state index contributed by atoms with van der Waals surface area (Å²) in [5.41, 5.74) is 0.883. The summed E-state index contributed by atoms with van der Waals surface area (Å²) in [6.07, 6.45) is 0.632. The smallest absolute Gasteiger partial charge is 0.161 e. The molecule has 0 amide bonds. The molecule has 6 heteroatoms. The van der Waals surface area contributed by atoms with Crippen molar-refractivity contribution in [2.24, 2.45) is 0 Å².